The third-order valence-corrected chi connectivity index (χ3v) is 3.31. The van der Waals surface area contributed by atoms with Gasteiger partial charge in [-0.15, -0.1) is 0 Å². The molecular formula is C21H28N4O4. The Labute approximate surface area is 171 Å². The Morgan fingerprint density at radius 2 is 1.90 bits per heavy atom. The maximum absolute atomic E-state index is 11.4. The first-order valence-electron chi connectivity index (χ1n) is 9.51. The lowest BCUT2D eigenvalue weighted by atomic mass is 9.98. The van der Waals surface area contributed by atoms with Crippen LogP contribution in [0.5, 0.6) is 5.88 Å². The van der Waals surface area contributed by atoms with Crippen molar-refractivity contribution in [3.05, 3.63) is 47.5 Å². The van der Waals surface area contributed by atoms with E-state index in [1.807, 2.05) is 13.8 Å². The number of amides is 1. The normalized spacial score (nSPS) is 15.8. The Hall–Kier alpha value is -3.29. The highest BCUT2D eigenvalue weighted by molar-refractivity contribution is 6.16. The number of carbonyl (C=O) groups excluding carboxylic acids is 1. The van der Waals surface area contributed by atoms with Crippen LogP contribution in [0.2, 0.25) is 0 Å². The fourth-order valence-corrected chi connectivity index (χ4v) is 2.20. The van der Waals surface area contributed by atoms with Gasteiger partial charge in [-0.1, -0.05) is 33.3 Å². The number of aromatic nitrogens is 2. The largest absolute Gasteiger partial charge is 0.478 e. The highest BCUT2D eigenvalue weighted by atomic mass is 16.5. The molecule has 0 saturated carbocycles. The summed E-state index contributed by atoms with van der Waals surface area (Å²) in [6.45, 7) is 10.0. The number of ether oxygens (including phenoxy) is 1. The number of carboxylic acid groups (broad SMARTS) is 1. The lowest BCUT2D eigenvalue weighted by molar-refractivity contribution is -0.132. The molecular weight excluding hydrogens is 372 g/mol. The summed E-state index contributed by atoms with van der Waals surface area (Å²) in [4.78, 5) is 35.0. The van der Waals surface area contributed by atoms with Gasteiger partial charge in [-0.05, 0) is 25.5 Å². The zero-order chi connectivity index (χ0) is 21.8. The van der Waals surface area contributed by atoms with Crippen LogP contribution < -0.4 is 10.1 Å². The number of hydrogen-bond donors (Lipinski definition) is 2. The van der Waals surface area contributed by atoms with Crippen LogP contribution in [0.4, 0.5) is 5.82 Å². The Bertz CT molecular complexity index is 837. The summed E-state index contributed by atoms with van der Waals surface area (Å²) in [6, 6.07) is 0. The second-order valence-electron chi connectivity index (χ2n) is 6.11. The summed E-state index contributed by atoms with van der Waals surface area (Å²) in [5.74, 6) is -0.537. The van der Waals surface area contributed by atoms with Gasteiger partial charge in [0.2, 0.25) is 11.8 Å². The first kappa shape index (κ1) is 23.7. The maximum atomic E-state index is 11.4. The Kier molecular flexibility index (Phi) is 10.0. The molecule has 1 aliphatic carbocycles. The van der Waals surface area contributed by atoms with E-state index < -0.39 is 5.97 Å². The minimum Gasteiger partial charge on any atom is -0.478 e. The number of nitrogens with one attached hydrogen (secondary N) is 1. The molecule has 29 heavy (non-hydrogen) atoms. The minimum atomic E-state index is -1.07. The summed E-state index contributed by atoms with van der Waals surface area (Å²) in [5, 5.41) is 11.8. The van der Waals surface area contributed by atoms with Crippen LogP contribution in [-0.4, -0.2) is 39.2 Å². The molecule has 2 rings (SSSR count). The molecule has 0 fully saturated rings. The quantitative estimate of drug-likeness (QED) is 0.748. The summed E-state index contributed by atoms with van der Waals surface area (Å²) < 4.78 is 5.73. The van der Waals surface area contributed by atoms with E-state index in [0.29, 0.717) is 29.4 Å². The van der Waals surface area contributed by atoms with Gasteiger partial charge >= 0.3 is 5.97 Å². The highest BCUT2D eigenvalue weighted by Crippen LogP contribution is 2.25. The maximum Gasteiger partial charge on any atom is 0.335 e. The average Bonchev–Trinajstić information content (AvgIpc) is 2.67. The minimum absolute atomic E-state index is 0.0725. The van der Waals surface area contributed by atoms with Gasteiger partial charge in [-0.3, -0.25) is 9.79 Å². The van der Waals surface area contributed by atoms with Crippen molar-refractivity contribution in [2.24, 2.45) is 4.99 Å². The molecule has 8 nitrogen and oxygen atoms in total. The Morgan fingerprint density at radius 3 is 2.38 bits per heavy atom. The van der Waals surface area contributed by atoms with Gasteiger partial charge in [0.1, 0.15) is 5.76 Å². The van der Waals surface area contributed by atoms with Crippen molar-refractivity contribution in [3.63, 3.8) is 0 Å². The first-order valence-corrected chi connectivity index (χ1v) is 9.51. The SMILES string of the molecule is C/C=C1/C(Oc2cnc(NC(C)=O)cn2)=CC(C(=O)O)=CC1=NCCC.CCC. The summed E-state index contributed by atoms with van der Waals surface area (Å²) in [7, 11) is 0. The number of allylic oxidation sites excluding steroid dienone is 3. The van der Waals surface area contributed by atoms with E-state index >= 15 is 0 Å². The van der Waals surface area contributed by atoms with Crippen molar-refractivity contribution in [2.45, 2.75) is 47.5 Å². The second-order valence-corrected chi connectivity index (χ2v) is 6.11. The molecule has 0 atom stereocenters. The highest BCUT2D eigenvalue weighted by Gasteiger charge is 2.22. The van der Waals surface area contributed by atoms with Gasteiger partial charge in [-0.2, -0.15) is 0 Å². The first-order chi connectivity index (χ1) is 13.9. The summed E-state index contributed by atoms with van der Waals surface area (Å²) in [5.41, 5.74) is 1.30. The number of rotatable bonds is 6. The van der Waals surface area contributed by atoms with Crippen molar-refractivity contribution in [1.29, 1.82) is 0 Å². The molecule has 1 aromatic rings. The van der Waals surface area contributed by atoms with E-state index in [-0.39, 0.29) is 17.4 Å². The number of nitrogens with zero attached hydrogens (tertiary/aromatic N) is 3. The number of aliphatic imine (C=N–C) groups is 1. The van der Waals surface area contributed by atoms with Crippen LogP contribution in [0, 0.1) is 0 Å². The fraction of sp³-hybridized carbons (Fsp3) is 0.381. The van der Waals surface area contributed by atoms with Gasteiger partial charge in [0.25, 0.3) is 0 Å². The van der Waals surface area contributed by atoms with Crippen LogP contribution in [0.25, 0.3) is 0 Å². The molecule has 0 spiro atoms. The number of anilines is 1. The van der Waals surface area contributed by atoms with Crippen LogP contribution in [0.3, 0.4) is 0 Å². The number of aliphatic carboxylic acids is 1. The molecule has 1 aliphatic rings. The molecule has 1 heterocycles. The van der Waals surface area contributed by atoms with Crippen molar-refractivity contribution in [2.75, 3.05) is 11.9 Å². The molecule has 0 saturated heterocycles. The molecule has 1 amide bonds. The van der Waals surface area contributed by atoms with Gasteiger partial charge < -0.3 is 15.2 Å². The van der Waals surface area contributed by atoms with E-state index in [1.54, 1.807) is 6.08 Å². The monoisotopic (exact) mass is 400 g/mol. The molecule has 2 N–H and O–H groups in total. The standard InChI is InChI=1S/C18H20N4O4.C3H8/c1-4-6-19-14-7-12(18(24)25)8-15(13(14)5-2)26-17-10-20-16(9-21-17)22-11(3)23;1-3-2/h5,7-10H,4,6H2,1-3H3,(H,24,25)(H,20,22,23);3H2,1-2H3/b13-5+,19-14?;. The molecule has 8 heteroatoms. The zero-order valence-corrected chi connectivity index (χ0v) is 17.5. The van der Waals surface area contributed by atoms with Crippen LogP contribution >= 0.6 is 0 Å². The Balaban J connectivity index is 0.00000132. The van der Waals surface area contributed by atoms with Gasteiger partial charge in [0, 0.05) is 19.0 Å². The third-order valence-electron chi connectivity index (χ3n) is 3.31. The predicted octanol–water partition coefficient (Wildman–Crippen LogP) is 3.94. The molecule has 0 radical (unpaired) electrons. The second kappa shape index (κ2) is 12.2. The van der Waals surface area contributed by atoms with E-state index in [9.17, 15) is 14.7 Å². The lowest BCUT2D eigenvalue weighted by Crippen LogP contribution is -2.17. The lowest BCUT2D eigenvalue weighted by Gasteiger charge is -2.18. The van der Waals surface area contributed by atoms with Crippen LogP contribution in [0.15, 0.2) is 52.5 Å². The van der Waals surface area contributed by atoms with E-state index in [2.05, 4.69) is 34.1 Å². The molecule has 0 unspecified atom stereocenters. The van der Waals surface area contributed by atoms with Gasteiger partial charge in [0.05, 0.1) is 23.7 Å². The number of carboxylic acids is 1. The van der Waals surface area contributed by atoms with Crippen molar-refractivity contribution in [3.8, 4) is 5.88 Å². The van der Waals surface area contributed by atoms with E-state index in [0.717, 1.165) is 6.42 Å². The van der Waals surface area contributed by atoms with Crippen molar-refractivity contribution < 1.29 is 19.4 Å². The molecule has 0 aromatic carbocycles. The Morgan fingerprint density at radius 1 is 1.21 bits per heavy atom. The molecule has 156 valence electrons. The van der Waals surface area contributed by atoms with Crippen LogP contribution in [-0.2, 0) is 9.59 Å². The predicted molar refractivity (Wildman–Crippen MR) is 113 cm³/mol. The zero-order valence-electron chi connectivity index (χ0n) is 17.5. The molecule has 0 aliphatic heterocycles. The fourth-order valence-electron chi connectivity index (χ4n) is 2.20. The molecule has 0 bridgehead atoms. The summed E-state index contributed by atoms with van der Waals surface area (Å²) in [6.07, 6.45) is 9.54. The number of carbonyl (C=O) groups is 2. The topological polar surface area (TPSA) is 114 Å². The average molecular weight is 400 g/mol. The molecule has 1 aromatic heterocycles. The third kappa shape index (κ3) is 7.69. The van der Waals surface area contributed by atoms with Crippen LogP contribution in [0.1, 0.15) is 47.5 Å². The van der Waals surface area contributed by atoms with Crippen molar-refractivity contribution >= 4 is 23.4 Å². The van der Waals surface area contributed by atoms with E-state index in [1.165, 1.54) is 37.9 Å². The van der Waals surface area contributed by atoms with Gasteiger partial charge in [0.15, 0.2) is 5.82 Å². The number of hydrogen-bond acceptors (Lipinski definition) is 6. The van der Waals surface area contributed by atoms with Crippen molar-refractivity contribution in [1.82, 2.24) is 9.97 Å². The summed E-state index contributed by atoms with van der Waals surface area (Å²) >= 11 is 0. The van der Waals surface area contributed by atoms with E-state index in [4.69, 9.17) is 4.74 Å². The smallest absolute Gasteiger partial charge is 0.335 e. The van der Waals surface area contributed by atoms with Gasteiger partial charge in [-0.25, -0.2) is 14.8 Å².